The molecule has 0 aromatic rings. The van der Waals surface area contributed by atoms with Crippen molar-refractivity contribution in [2.24, 2.45) is 35.5 Å². The molecule has 6 rings (SSSR count). The third kappa shape index (κ3) is 5.04. The summed E-state index contributed by atoms with van der Waals surface area (Å²) in [5.74, 6) is -2.15. The van der Waals surface area contributed by atoms with Crippen LogP contribution in [0.15, 0.2) is 24.8 Å². The molecule has 0 aromatic heterocycles. The van der Waals surface area contributed by atoms with Crippen LogP contribution >= 0.6 is 0 Å². The molecule has 0 aromatic carbocycles. The van der Waals surface area contributed by atoms with Crippen LogP contribution in [0.5, 0.6) is 0 Å². The molecule has 4 saturated carbocycles. The first-order valence-corrected chi connectivity index (χ1v) is 13.0. The molecule has 4 aliphatic carbocycles. The zero-order valence-electron chi connectivity index (χ0n) is 21.4. The molecule has 12 nitrogen and oxygen atoms in total. The molecule has 2 aliphatic heterocycles. The Balaban J connectivity index is 0.000000158. The summed E-state index contributed by atoms with van der Waals surface area (Å²) in [7, 11) is 0. The first kappa shape index (κ1) is 26.9. The lowest BCUT2D eigenvalue weighted by molar-refractivity contribution is -0.168. The van der Waals surface area contributed by atoms with Crippen LogP contribution in [0.25, 0.3) is 0 Å². The normalized spacial score (nSPS) is 37.3. The summed E-state index contributed by atoms with van der Waals surface area (Å²) in [6.07, 6.45) is 2.77. The SMILES string of the molecule is C=C(C)C(=O)OCC(=O)OC1C2CC3C(=O)OC1C3C2.C=CC(=O)OCC(=O)OC1C2CC3C(=O)OC1C3C2. The number of ether oxygens (including phenoxy) is 6. The van der Waals surface area contributed by atoms with E-state index in [1.54, 1.807) is 0 Å². The Morgan fingerprint density at radius 3 is 1.72 bits per heavy atom. The number of fused-ring (bicyclic) bond motifs is 2. The summed E-state index contributed by atoms with van der Waals surface area (Å²) in [6.45, 7) is 7.27. The Labute approximate surface area is 223 Å². The van der Waals surface area contributed by atoms with Crippen molar-refractivity contribution in [3.05, 3.63) is 24.8 Å². The lowest BCUT2D eigenvalue weighted by Gasteiger charge is -2.25. The molecule has 6 fully saturated rings. The van der Waals surface area contributed by atoms with E-state index in [0.717, 1.165) is 31.8 Å². The van der Waals surface area contributed by atoms with Crippen molar-refractivity contribution >= 4 is 35.8 Å². The standard InChI is InChI=1S/C14H16O6.C13H14O6/c1-6(2)13(16)18-5-10(15)19-11-7-3-8-9(4-7)14(17)20-12(8)11;1-2-9(14)17-5-10(15)18-11-6-3-7-8(4-6)13(16)19-12(7)11/h7-9,11-12H,1,3-5H2,2H3;2,6-8,11-12H,1,3-5H2. The van der Waals surface area contributed by atoms with Gasteiger partial charge in [0.05, 0.1) is 11.8 Å². The molecule has 12 heteroatoms. The summed E-state index contributed by atoms with van der Waals surface area (Å²) < 4.78 is 30.5. The number of carbonyl (C=O) groups is 6. The fourth-order valence-corrected chi connectivity index (χ4v) is 6.94. The van der Waals surface area contributed by atoms with Gasteiger partial charge in [-0.1, -0.05) is 13.2 Å². The number of rotatable bonds is 8. The van der Waals surface area contributed by atoms with E-state index in [1.165, 1.54) is 6.92 Å². The Morgan fingerprint density at radius 2 is 1.28 bits per heavy atom. The van der Waals surface area contributed by atoms with E-state index in [1.807, 2.05) is 0 Å². The van der Waals surface area contributed by atoms with Crippen molar-refractivity contribution in [1.82, 2.24) is 0 Å². The molecule has 0 N–H and O–H groups in total. The first-order chi connectivity index (χ1) is 18.6. The Bertz CT molecular complexity index is 1130. The number of carbonyl (C=O) groups excluding carboxylic acids is 6. The van der Waals surface area contributed by atoms with Gasteiger partial charge in [-0.05, 0) is 32.6 Å². The minimum atomic E-state index is -0.669. The van der Waals surface area contributed by atoms with Crippen molar-refractivity contribution in [3.63, 3.8) is 0 Å². The maximum absolute atomic E-state index is 11.7. The molecule has 0 spiro atoms. The van der Waals surface area contributed by atoms with Gasteiger partial charge in [-0.3, -0.25) is 9.59 Å². The second-order valence-electron chi connectivity index (χ2n) is 10.9. The molecule has 210 valence electrons. The van der Waals surface area contributed by atoms with E-state index in [2.05, 4.69) is 17.9 Å². The second kappa shape index (κ2) is 10.5. The van der Waals surface area contributed by atoms with E-state index in [4.69, 9.17) is 23.7 Å². The second-order valence-corrected chi connectivity index (χ2v) is 10.9. The van der Waals surface area contributed by atoms with Gasteiger partial charge in [-0.15, -0.1) is 0 Å². The quantitative estimate of drug-likeness (QED) is 0.240. The molecule has 6 aliphatic rings. The van der Waals surface area contributed by atoms with Crippen LogP contribution in [0.1, 0.15) is 32.6 Å². The lowest BCUT2D eigenvalue weighted by atomic mass is 9.88. The molecule has 0 radical (unpaired) electrons. The van der Waals surface area contributed by atoms with E-state index >= 15 is 0 Å². The fourth-order valence-electron chi connectivity index (χ4n) is 6.94. The van der Waals surface area contributed by atoms with Crippen LogP contribution in [-0.4, -0.2) is 73.4 Å². The van der Waals surface area contributed by atoms with Crippen molar-refractivity contribution in [1.29, 1.82) is 0 Å². The van der Waals surface area contributed by atoms with Crippen molar-refractivity contribution in [3.8, 4) is 0 Å². The zero-order chi connectivity index (χ0) is 28.0. The van der Waals surface area contributed by atoms with E-state index in [9.17, 15) is 28.8 Å². The number of hydrogen-bond donors (Lipinski definition) is 0. The van der Waals surface area contributed by atoms with E-state index < -0.39 is 43.2 Å². The summed E-state index contributed by atoms with van der Waals surface area (Å²) >= 11 is 0. The van der Waals surface area contributed by atoms with Gasteiger partial charge in [0.1, 0.15) is 24.4 Å². The number of hydrogen-bond acceptors (Lipinski definition) is 12. The average Bonchev–Trinajstić information content (AvgIpc) is 3.71. The van der Waals surface area contributed by atoms with Crippen LogP contribution in [0.4, 0.5) is 0 Å². The van der Waals surface area contributed by atoms with Gasteiger partial charge in [-0.25, -0.2) is 19.2 Å². The smallest absolute Gasteiger partial charge is 0.344 e. The van der Waals surface area contributed by atoms with Gasteiger partial charge in [0.2, 0.25) is 0 Å². The summed E-state index contributed by atoms with van der Waals surface area (Å²) in [5, 5.41) is 0. The minimum Gasteiger partial charge on any atom is -0.458 e. The monoisotopic (exact) mass is 546 g/mol. The van der Waals surface area contributed by atoms with Crippen LogP contribution in [-0.2, 0) is 57.2 Å². The first-order valence-electron chi connectivity index (χ1n) is 13.0. The molecular weight excluding hydrogens is 516 g/mol. The van der Waals surface area contributed by atoms with Gasteiger partial charge in [0.15, 0.2) is 13.2 Å². The third-order valence-corrected chi connectivity index (χ3v) is 8.53. The molecular formula is C27H30O12. The summed E-state index contributed by atoms with van der Waals surface area (Å²) in [5.41, 5.74) is 0.227. The molecule has 10 unspecified atom stereocenters. The maximum Gasteiger partial charge on any atom is 0.344 e. The predicted molar refractivity (Wildman–Crippen MR) is 126 cm³/mol. The zero-order valence-corrected chi connectivity index (χ0v) is 21.4. The summed E-state index contributed by atoms with van der Waals surface area (Å²) in [6, 6.07) is 0. The summed E-state index contributed by atoms with van der Waals surface area (Å²) in [4.78, 5) is 68.4. The van der Waals surface area contributed by atoms with Crippen LogP contribution in [0, 0.1) is 35.5 Å². The molecule has 10 atom stereocenters. The molecule has 39 heavy (non-hydrogen) atoms. The predicted octanol–water partition coefficient (Wildman–Crippen LogP) is 0.808. The van der Waals surface area contributed by atoms with E-state index in [-0.39, 0.29) is 71.3 Å². The van der Waals surface area contributed by atoms with Gasteiger partial charge in [-0.2, -0.15) is 0 Å². The molecule has 2 heterocycles. The maximum atomic E-state index is 11.7. The molecule has 4 bridgehead atoms. The topological polar surface area (TPSA) is 158 Å². The highest BCUT2D eigenvalue weighted by Crippen LogP contribution is 2.56. The van der Waals surface area contributed by atoms with E-state index in [0.29, 0.717) is 0 Å². The highest BCUT2D eigenvalue weighted by atomic mass is 16.6. The third-order valence-electron chi connectivity index (χ3n) is 8.53. The van der Waals surface area contributed by atoms with Crippen LogP contribution < -0.4 is 0 Å². The minimum absolute atomic E-state index is 0.0106. The Hall–Kier alpha value is -3.70. The highest BCUT2D eigenvalue weighted by Gasteiger charge is 2.64. The Morgan fingerprint density at radius 1 is 0.821 bits per heavy atom. The van der Waals surface area contributed by atoms with Crippen LogP contribution in [0.3, 0.4) is 0 Å². The highest BCUT2D eigenvalue weighted by molar-refractivity contribution is 5.88. The molecule has 2 saturated heterocycles. The molecule has 0 amide bonds. The van der Waals surface area contributed by atoms with Gasteiger partial charge >= 0.3 is 35.8 Å². The van der Waals surface area contributed by atoms with Crippen LogP contribution in [0.2, 0.25) is 0 Å². The van der Waals surface area contributed by atoms with Crippen molar-refractivity contribution < 1.29 is 57.2 Å². The average molecular weight is 547 g/mol. The largest absolute Gasteiger partial charge is 0.458 e. The Kier molecular flexibility index (Phi) is 7.21. The van der Waals surface area contributed by atoms with Gasteiger partial charge < -0.3 is 28.4 Å². The van der Waals surface area contributed by atoms with Crippen molar-refractivity contribution in [2.75, 3.05) is 13.2 Å². The van der Waals surface area contributed by atoms with Gasteiger partial charge in [0.25, 0.3) is 0 Å². The van der Waals surface area contributed by atoms with Crippen molar-refractivity contribution in [2.45, 2.75) is 57.0 Å². The fraction of sp³-hybridized carbons (Fsp3) is 0.630. The van der Waals surface area contributed by atoms with Gasteiger partial charge in [0, 0.05) is 35.3 Å². The number of esters is 6. The lowest BCUT2D eigenvalue weighted by Crippen LogP contribution is -2.37.